The highest BCUT2D eigenvalue weighted by Crippen LogP contribution is 2.38. The maximum absolute atomic E-state index is 14.5. The van der Waals surface area contributed by atoms with E-state index in [1.54, 1.807) is 19.4 Å². The van der Waals surface area contributed by atoms with Gasteiger partial charge in [0.2, 0.25) is 5.88 Å². The molecular formula is C27H35Cl2FN4O2. The highest BCUT2D eigenvalue weighted by molar-refractivity contribution is 6.08. The number of carbonyl (C=O) groups is 1. The summed E-state index contributed by atoms with van der Waals surface area (Å²) in [5.41, 5.74) is 4.21. The Bertz CT molecular complexity index is 1200. The number of ether oxygens (including phenoxy) is 1. The van der Waals surface area contributed by atoms with Gasteiger partial charge in [0, 0.05) is 62.0 Å². The van der Waals surface area contributed by atoms with Crippen LogP contribution in [0.25, 0.3) is 10.9 Å². The van der Waals surface area contributed by atoms with Gasteiger partial charge in [0.1, 0.15) is 5.82 Å². The molecule has 36 heavy (non-hydrogen) atoms. The molecular weight excluding hydrogens is 502 g/mol. The number of hydrogen-bond donors (Lipinski definition) is 1. The minimum atomic E-state index is -0.212. The first-order valence-corrected chi connectivity index (χ1v) is 12.4. The van der Waals surface area contributed by atoms with Crippen molar-refractivity contribution in [3.05, 3.63) is 58.7 Å². The van der Waals surface area contributed by atoms with Gasteiger partial charge in [0.25, 0.3) is 5.91 Å². The van der Waals surface area contributed by atoms with Crippen LogP contribution >= 0.6 is 24.8 Å². The van der Waals surface area contributed by atoms with Gasteiger partial charge in [-0.1, -0.05) is 31.4 Å². The third-order valence-electron chi connectivity index (χ3n) is 7.47. The molecule has 0 atom stereocenters. The second kappa shape index (κ2) is 12.3. The normalized spacial score (nSPS) is 16.4. The summed E-state index contributed by atoms with van der Waals surface area (Å²) in [5.74, 6) is 0.366. The molecule has 6 nitrogen and oxygen atoms in total. The molecule has 1 aromatic carbocycles. The second-order valence-electron chi connectivity index (χ2n) is 9.47. The lowest BCUT2D eigenvalue weighted by Gasteiger charge is -2.29. The molecule has 2 aliphatic rings. The Morgan fingerprint density at radius 1 is 1.17 bits per heavy atom. The van der Waals surface area contributed by atoms with Crippen LogP contribution in [0.2, 0.25) is 0 Å². The van der Waals surface area contributed by atoms with Crippen molar-refractivity contribution in [3.8, 4) is 5.88 Å². The molecule has 3 aromatic rings. The first-order valence-electron chi connectivity index (χ1n) is 12.4. The second-order valence-corrected chi connectivity index (χ2v) is 9.47. The summed E-state index contributed by atoms with van der Waals surface area (Å²) in [5, 5.41) is 4.19. The van der Waals surface area contributed by atoms with Gasteiger partial charge in [-0.25, -0.2) is 9.37 Å². The maximum Gasteiger partial charge on any atom is 0.256 e. The zero-order valence-electron chi connectivity index (χ0n) is 20.9. The predicted octanol–water partition coefficient (Wildman–Crippen LogP) is 5.48. The fraction of sp³-hybridized carbons (Fsp3) is 0.481. The molecule has 2 aromatic heterocycles. The highest BCUT2D eigenvalue weighted by atomic mass is 35.5. The van der Waals surface area contributed by atoms with Gasteiger partial charge in [-0.05, 0) is 37.0 Å². The zero-order valence-corrected chi connectivity index (χ0v) is 22.5. The number of amides is 1. The number of carbonyl (C=O) groups excluding carboxylic acids is 1. The van der Waals surface area contributed by atoms with Crippen LogP contribution in [0.5, 0.6) is 5.88 Å². The largest absolute Gasteiger partial charge is 0.481 e. The van der Waals surface area contributed by atoms with Crippen molar-refractivity contribution in [2.45, 2.75) is 51.5 Å². The minimum absolute atomic E-state index is 0. The van der Waals surface area contributed by atoms with E-state index in [0.29, 0.717) is 42.6 Å². The molecule has 1 saturated carbocycles. The molecule has 3 heterocycles. The van der Waals surface area contributed by atoms with Gasteiger partial charge >= 0.3 is 0 Å². The molecule has 0 bridgehead atoms. The van der Waals surface area contributed by atoms with Crippen molar-refractivity contribution in [1.29, 1.82) is 0 Å². The van der Waals surface area contributed by atoms with E-state index >= 15 is 0 Å². The Morgan fingerprint density at radius 2 is 1.89 bits per heavy atom. The number of benzene rings is 1. The van der Waals surface area contributed by atoms with Crippen LogP contribution < -0.4 is 10.1 Å². The lowest BCUT2D eigenvalue weighted by atomic mass is 9.94. The number of hydrogen-bond acceptors (Lipinski definition) is 4. The molecule has 1 aliphatic heterocycles. The molecule has 0 spiro atoms. The van der Waals surface area contributed by atoms with E-state index in [2.05, 4.69) is 14.9 Å². The van der Waals surface area contributed by atoms with Crippen LogP contribution in [-0.2, 0) is 6.42 Å². The molecule has 1 N–H and O–H groups in total. The molecule has 2 fully saturated rings. The third-order valence-corrected chi connectivity index (χ3v) is 7.47. The number of methoxy groups -OCH3 is 1. The van der Waals surface area contributed by atoms with Crippen LogP contribution in [0.4, 0.5) is 4.39 Å². The quantitative estimate of drug-likeness (QED) is 0.469. The summed E-state index contributed by atoms with van der Waals surface area (Å²) in [4.78, 5) is 20.4. The molecule has 0 unspecified atom stereocenters. The van der Waals surface area contributed by atoms with Crippen LogP contribution in [0.1, 0.15) is 65.3 Å². The third kappa shape index (κ3) is 5.34. The monoisotopic (exact) mass is 536 g/mol. The van der Waals surface area contributed by atoms with Gasteiger partial charge in [-0.3, -0.25) is 4.79 Å². The number of rotatable bonds is 5. The average molecular weight is 538 g/mol. The van der Waals surface area contributed by atoms with E-state index in [4.69, 9.17) is 4.74 Å². The summed E-state index contributed by atoms with van der Waals surface area (Å²) in [6, 6.07) is 7.49. The van der Waals surface area contributed by atoms with Crippen molar-refractivity contribution in [2.24, 2.45) is 0 Å². The minimum Gasteiger partial charge on any atom is -0.481 e. The SMILES string of the molecule is COc1cc2c(cn1)c(C(=O)N1CCNCC1)c(Cc1cccc(F)c1C)n2C1CCCCC1.Cl.Cl. The molecule has 1 amide bonds. The predicted molar refractivity (Wildman–Crippen MR) is 146 cm³/mol. The van der Waals surface area contributed by atoms with E-state index in [9.17, 15) is 9.18 Å². The number of fused-ring (bicyclic) bond motifs is 1. The first-order chi connectivity index (χ1) is 16.6. The number of pyridine rings is 1. The lowest BCUT2D eigenvalue weighted by molar-refractivity contribution is 0.0736. The summed E-state index contributed by atoms with van der Waals surface area (Å²) < 4.78 is 22.3. The molecule has 0 radical (unpaired) electrons. The summed E-state index contributed by atoms with van der Waals surface area (Å²) in [7, 11) is 1.62. The van der Waals surface area contributed by atoms with E-state index in [1.165, 1.54) is 25.3 Å². The van der Waals surface area contributed by atoms with Gasteiger partial charge in [0.05, 0.1) is 18.2 Å². The average Bonchev–Trinajstić information content (AvgIpc) is 3.20. The molecule has 5 rings (SSSR count). The van der Waals surface area contributed by atoms with Gasteiger partial charge in [0.15, 0.2) is 0 Å². The maximum atomic E-state index is 14.5. The van der Waals surface area contributed by atoms with Crippen LogP contribution in [-0.4, -0.2) is 53.6 Å². The van der Waals surface area contributed by atoms with E-state index < -0.39 is 0 Å². The Morgan fingerprint density at radius 3 is 2.58 bits per heavy atom. The van der Waals surface area contributed by atoms with Crippen molar-refractivity contribution >= 4 is 41.6 Å². The molecule has 1 aliphatic carbocycles. The summed E-state index contributed by atoms with van der Waals surface area (Å²) >= 11 is 0. The first kappa shape index (κ1) is 28.2. The van der Waals surface area contributed by atoms with E-state index in [0.717, 1.165) is 48.1 Å². The van der Waals surface area contributed by atoms with Crippen LogP contribution in [0.15, 0.2) is 30.5 Å². The van der Waals surface area contributed by atoms with Gasteiger partial charge < -0.3 is 19.5 Å². The van der Waals surface area contributed by atoms with Gasteiger partial charge in [-0.15, -0.1) is 24.8 Å². The van der Waals surface area contributed by atoms with Crippen molar-refractivity contribution < 1.29 is 13.9 Å². The fourth-order valence-electron chi connectivity index (χ4n) is 5.57. The number of nitrogens with zero attached hydrogens (tertiary/aromatic N) is 3. The highest BCUT2D eigenvalue weighted by Gasteiger charge is 2.31. The topological polar surface area (TPSA) is 59.4 Å². The Hall–Kier alpha value is -2.35. The number of halogens is 3. The summed E-state index contributed by atoms with van der Waals surface area (Å²) in [6.45, 7) is 4.75. The fourth-order valence-corrected chi connectivity index (χ4v) is 5.57. The van der Waals surface area contributed by atoms with Crippen molar-refractivity contribution in [2.75, 3.05) is 33.3 Å². The number of nitrogens with one attached hydrogen (secondary N) is 1. The van der Waals surface area contributed by atoms with Crippen LogP contribution in [0, 0.1) is 12.7 Å². The summed E-state index contributed by atoms with van der Waals surface area (Å²) in [6.07, 6.45) is 8.02. The molecule has 196 valence electrons. The molecule has 1 saturated heterocycles. The van der Waals surface area contributed by atoms with E-state index in [1.807, 2.05) is 24.0 Å². The Balaban J connectivity index is 0.00000180. The zero-order chi connectivity index (χ0) is 23.7. The van der Waals surface area contributed by atoms with Crippen molar-refractivity contribution in [3.63, 3.8) is 0 Å². The Kier molecular flexibility index (Phi) is 9.61. The number of piperazine rings is 1. The lowest BCUT2D eigenvalue weighted by Crippen LogP contribution is -2.46. The van der Waals surface area contributed by atoms with Crippen molar-refractivity contribution in [1.82, 2.24) is 19.8 Å². The number of aromatic nitrogens is 2. The smallest absolute Gasteiger partial charge is 0.256 e. The standard InChI is InChI=1S/C27H33FN4O2.2ClH/c1-18-19(7-6-10-22(18)28)15-24-26(27(33)31-13-11-29-12-14-31)21-17-30-25(34-2)16-23(21)32(24)20-8-4-3-5-9-20;;/h6-7,10,16-17,20,29H,3-5,8-9,11-15H2,1-2H3;2*1H. The van der Waals surface area contributed by atoms with Crippen LogP contribution in [0.3, 0.4) is 0 Å². The molecule has 9 heteroatoms. The Labute approximate surface area is 224 Å². The van der Waals surface area contributed by atoms with E-state index in [-0.39, 0.29) is 36.5 Å². The van der Waals surface area contributed by atoms with Gasteiger partial charge in [-0.2, -0.15) is 0 Å².